The van der Waals surface area contributed by atoms with Crippen LogP contribution >= 0.6 is 0 Å². The van der Waals surface area contributed by atoms with Gasteiger partial charge in [-0.3, -0.25) is 4.68 Å². The third kappa shape index (κ3) is 4.45. The molecule has 3 aromatic rings. The van der Waals surface area contributed by atoms with Crippen LogP contribution in [0.2, 0.25) is 0 Å². The molecular weight excluding hydrogens is 418 g/mol. The van der Waals surface area contributed by atoms with E-state index < -0.39 is 0 Å². The Bertz CT molecular complexity index is 1170. The highest BCUT2D eigenvalue weighted by Crippen LogP contribution is 2.46. The van der Waals surface area contributed by atoms with Crippen LogP contribution in [0.4, 0.5) is 5.95 Å². The number of hydrogen-bond acceptors (Lipinski definition) is 7. The average Bonchev–Trinajstić information content (AvgIpc) is 3.26. The van der Waals surface area contributed by atoms with Crippen molar-refractivity contribution < 1.29 is 9.84 Å². The lowest BCUT2D eigenvalue weighted by Crippen LogP contribution is -2.23. The minimum absolute atomic E-state index is 0.0869. The Morgan fingerprint density at radius 2 is 2.09 bits per heavy atom. The number of hydrogen-bond donors (Lipinski definition) is 2. The number of ether oxygens (including phenoxy) is 1. The third-order valence-corrected chi connectivity index (χ3v) is 6.95. The van der Waals surface area contributed by atoms with Gasteiger partial charge in [0.2, 0.25) is 5.95 Å². The topological polar surface area (TPSA) is 113 Å². The fraction of sp³-hybridized carbons (Fsp3) is 0.583. The van der Waals surface area contributed by atoms with Gasteiger partial charge in [0.25, 0.3) is 0 Å². The lowest BCUT2D eigenvalue weighted by molar-refractivity contribution is 0.121. The summed E-state index contributed by atoms with van der Waals surface area (Å²) in [7, 11) is 1.68. The SMILES string of the molecule is COC[C@H](C)Nc1ncc2c(-c3cnn(CC4(C#N)CC4)c3)cc([C@H]3CC[C@H](O)CC3)n2n1. The number of rotatable bonds is 8. The van der Waals surface area contributed by atoms with E-state index in [1.54, 1.807) is 7.11 Å². The zero-order valence-electron chi connectivity index (χ0n) is 19.2. The van der Waals surface area contributed by atoms with Crippen LogP contribution in [-0.4, -0.2) is 55.3 Å². The Balaban J connectivity index is 1.50. The molecular formula is C24H31N7O2. The summed E-state index contributed by atoms with van der Waals surface area (Å²) in [6.45, 7) is 3.23. The molecule has 2 aliphatic rings. The summed E-state index contributed by atoms with van der Waals surface area (Å²) in [5.74, 6) is 0.892. The van der Waals surface area contributed by atoms with Gasteiger partial charge in [0.1, 0.15) is 0 Å². The number of nitrogens with one attached hydrogen (secondary N) is 1. The van der Waals surface area contributed by atoms with E-state index >= 15 is 0 Å². The van der Waals surface area contributed by atoms with Crippen LogP contribution in [0.5, 0.6) is 0 Å². The van der Waals surface area contributed by atoms with Gasteiger partial charge >= 0.3 is 0 Å². The van der Waals surface area contributed by atoms with Crippen LogP contribution < -0.4 is 5.32 Å². The Morgan fingerprint density at radius 1 is 1.30 bits per heavy atom. The van der Waals surface area contributed by atoms with Gasteiger partial charge in [-0.1, -0.05) is 0 Å². The fourth-order valence-corrected chi connectivity index (χ4v) is 4.84. The molecule has 2 N–H and O–H groups in total. The molecule has 1 atom stereocenters. The molecule has 0 aliphatic heterocycles. The molecule has 9 heteroatoms. The highest BCUT2D eigenvalue weighted by molar-refractivity contribution is 5.81. The van der Waals surface area contributed by atoms with E-state index in [1.807, 2.05) is 34.7 Å². The van der Waals surface area contributed by atoms with E-state index in [-0.39, 0.29) is 17.6 Å². The van der Waals surface area contributed by atoms with E-state index in [0.717, 1.165) is 60.9 Å². The van der Waals surface area contributed by atoms with Crippen molar-refractivity contribution in [2.24, 2.45) is 5.41 Å². The van der Waals surface area contributed by atoms with Crippen LogP contribution in [0.25, 0.3) is 16.6 Å². The summed E-state index contributed by atoms with van der Waals surface area (Å²) in [6.07, 6.45) is 10.9. The second-order valence-electron chi connectivity index (χ2n) is 9.69. The van der Waals surface area contributed by atoms with Crippen molar-refractivity contribution >= 4 is 11.5 Å². The Labute approximate surface area is 193 Å². The van der Waals surface area contributed by atoms with E-state index in [9.17, 15) is 10.4 Å². The molecule has 3 aromatic heterocycles. The maximum absolute atomic E-state index is 10.00. The standard InChI is InChI=1S/C24H31N7O2/c1-16(13-33-2)28-23-26-11-22-20(18-10-27-30(12-18)15-24(14-25)7-8-24)9-21(31(22)29-23)17-3-5-19(32)6-4-17/h9-12,16-17,19,32H,3-8,13,15H2,1-2H3,(H,28,29)/t16-,17-,19-/m0/s1. The number of nitriles is 1. The molecule has 3 heterocycles. The zero-order chi connectivity index (χ0) is 23.0. The Hall–Kier alpha value is -2.96. The molecule has 0 saturated heterocycles. The van der Waals surface area contributed by atoms with E-state index in [2.05, 4.69) is 27.5 Å². The molecule has 2 saturated carbocycles. The fourth-order valence-electron chi connectivity index (χ4n) is 4.84. The Kier molecular flexibility index (Phi) is 5.81. The molecule has 33 heavy (non-hydrogen) atoms. The summed E-state index contributed by atoms with van der Waals surface area (Å²) in [5.41, 5.74) is 3.87. The molecule has 2 fully saturated rings. The highest BCUT2D eigenvalue weighted by Gasteiger charge is 2.43. The number of aliphatic hydroxyl groups excluding tert-OH is 1. The van der Waals surface area contributed by atoms with Crippen molar-refractivity contribution in [2.75, 3.05) is 19.0 Å². The smallest absolute Gasteiger partial charge is 0.241 e. The first kappa shape index (κ1) is 21.9. The van der Waals surface area contributed by atoms with Gasteiger partial charge < -0.3 is 15.2 Å². The number of fused-ring (bicyclic) bond motifs is 1. The lowest BCUT2D eigenvalue weighted by Gasteiger charge is -2.25. The summed E-state index contributed by atoms with van der Waals surface area (Å²) >= 11 is 0. The van der Waals surface area contributed by atoms with Crippen LogP contribution in [0.15, 0.2) is 24.7 Å². The molecule has 0 bridgehead atoms. The molecule has 0 radical (unpaired) electrons. The molecule has 2 aliphatic carbocycles. The van der Waals surface area contributed by atoms with Gasteiger partial charge in [-0.05, 0) is 51.5 Å². The predicted molar refractivity (Wildman–Crippen MR) is 124 cm³/mol. The van der Waals surface area contributed by atoms with Crippen molar-refractivity contribution in [3.63, 3.8) is 0 Å². The van der Waals surface area contributed by atoms with Crippen LogP contribution in [-0.2, 0) is 11.3 Å². The summed E-state index contributed by atoms with van der Waals surface area (Å²) in [6, 6.07) is 4.73. The first-order valence-corrected chi connectivity index (χ1v) is 11.8. The number of anilines is 1. The summed E-state index contributed by atoms with van der Waals surface area (Å²) in [4.78, 5) is 4.57. The normalized spacial score (nSPS) is 22.7. The van der Waals surface area contributed by atoms with Crippen molar-refractivity contribution in [1.82, 2.24) is 24.4 Å². The van der Waals surface area contributed by atoms with Gasteiger partial charge in [-0.2, -0.15) is 10.4 Å². The van der Waals surface area contributed by atoms with Crippen molar-refractivity contribution in [3.8, 4) is 17.2 Å². The van der Waals surface area contributed by atoms with Gasteiger partial charge in [-0.15, -0.1) is 5.10 Å². The number of methoxy groups -OCH3 is 1. The monoisotopic (exact) mass is 449 g/mol. The lowest BCUT2D eigenvalue weighted by atomic mass is 9.85. The summed E-state index contributed by atoms with van der Waals surface area (Å²) in [5, 5.41) is 32.1. The minimum atomic E-state index is -0.247. The maximum Gasteiger partial charge on any atom is 0.241 e. The minimum Gasteiger partial charge on any atom is -0.393 e. The third-order valence-electron chi connectivity index (χ3n) is 6.95. The van der Waals surface area contributed by atoms with Gasteiger partial charge in [0, 0.05) is 42.1 Å². The first-order valence-electron chi connectivity index (χ1n) is 11.8. The Morgan fingerprint density at radius 3 is 2.79 bits per heavy atom. The van der Waals surface area contributed by atoms with E-state index in [4.69, 9.17) is 9.84 Å². The molecule has 0 amide bonds. The number of nitrogens with zero attached hydrogens (tertiary/aromatic N) is 6. The second kappa shape index (κ2) is 8.76. The quantitative estimate of drug-likeness (QED) is 0.542. The van der Waals surface area contributed by atoms with Crippen LogP contribution in [0.1, 0.15) is 57.1 Å². The summed E-state index contributed by atoms with van der Waals surface area (Å²) < 4.78 is 9.11. The van der Waals surface area contributed by atoms with Crippen molar-refractivity contribution in [1.29, 1.82) is 5.26 Å². The van der Waals surface area contributed by atoms with Crippen molar-refractivity contribution in [3.05, 3.63) is 30.4 Å². The molecule has 0 unspecified atom stereocenters. The first-order chi connectivity index (χ1) is 16.0. The molecule has 5 rings (SSSR count). The maximum atomic E-state index is 10.00. The predicted octanol–water partition coefficient (Wildman–Crippen LogP) is 3.36. The van der Waals surface area contributed by atoms with Crippen LogP contribution in [0.3, 0.4) is 0 Å². The number of aliphatic hydroxyl groups is 1. The van der Waals surface area contributed by atoms with Gasteiger partial charge in [0.15, 0.2) is 0 Å². The zero-order valence-corrected chi connectivity index (χ0v) is 19.2. The molecule has 0 spiro atoms. The van der Waals surface area contributed by atoms with E-state index in [0.29, 0.717) is 25.0 Å². The van der Waals surface area contributed by atoms with Gasteiger partial charge in [0.05, 0.1) is 48.7 Å². The average molecular weight is 450 g/mol. The van der Waals surface area contributed by atoms with Crippen molar-refractivity contribution in [2.45, 2.75) is 70.1 Å². The van der Waals surface area contributed by atoms with E-state index in [1.165, 1.54) is 0 Å². The van der Waals surface area contributed by atoms with Gasteiger partial charge in [-0.25, -0.2) is 9.50 Å². The molecule has 0 aromatic carbocycles. The molecule has 9 nitrogen and oxygen atoms in total. The second-order valence-corrected chi connectivity index (χ2v) is 9.69. The molecule has 174 valence electrons. The number of aromatic nitrogens is 5. The largest absolute Gasteiger partial charge is 0.393 e. The van der Waals surface area contributed by atoms with Crippen LogP contribution in [0, 0.1) is 16.7 Å². The highest BCUT2D eigenvalue weighted by atomic mass is 16.5.